The molecule has 0 atom stereocenters. The van der Waals surface area contributed by atoms with Crippen LogP contribution < -0.4 is 5.32 Å². The van der Waals surface area contributed by atoms with Gasteiger partial charge in [0.15, 0.2) is 0 Å². The molecule has 18 heavy (non-hydrogen) atoms. The highest BCUT2D eigenvalue weighted by Crippen LogP contribution is 2.25. The fraction of sp³-hybridized carbons (Fsp3) is 0.308. The van der Waals surface area contributed by atoms with Gasteiger partial charge in [-0.15, -0.1) is 0 Å². The monoisotopic (exact) mass is 266 g/mol. The van der Waals surface area contributed by atoms with Crippen molar-refractivity contribution in [1.29, 1.82) is 0 Å². The molecule has 0 bridgehead atoms. The number of aromatic nitrogens is 1. The molecule has 2 aromatic rings. The molecule has 1 N–H and O–H groups in total. The van der Waals surface area contributed by atoms with Crippen molar-refractivity contribution >= 4 is 11.6 Å². The molecule has 0 aliphatic heterocycles. The molecule has 0 spiro atoms. The number of nitrogens with zero attached hydrogens (tertiary/aromatic N) is 1. The maximum Gasteiger partial charge on any atom is 0.229 e. The highest BCUT2D eigenvalue weighted by atomic mass is 35.5. The average Bonchev–Trinajstić information content (AvgIpc) is 3.05. The normalized spacial score (nSPS) is 15.0. The van der Waals surface area contributed by atoms with E-state index in [-0.39, 0.29) is 5.89 Å². The molecule has 1 aromatic heterocycles. The lowest BCUT2D eigenvalue weighted by Crippen LogP contribution is -2.15. The molecule has 0 radical (unpaired) electrons. The Morgan fingerprint density at radius 1 is 1.44 bits per heavy atom. The highest BCUT2D eigenvalue weighted by Gasteiger charge is 2.21. The van der Waals surface area contributed by atoms with Gasteiger partial charge in [0.1, 0.15) is 12.1 Å². The van der Waals surface area contributed by atoms with E-state index in [4.69, 9.17) is 16.0 Å². The number of hydrogen-bond acceptors (Lipinski definition) is 3. The van der Waals surface area contributed by atoms with E-state index in [1.54, 1.807) is 18.4 Å². The topological polar surface area (TPSA) is 38.1 Å². The first-order valence-electron chi connectivity index (χ1n) is 5.85. The molecule has 1 heterocycles. The van der Waals surface area contributed by atoms with Crippen molar-refractivity contribution in [3.8, 4) is 11.5 Å². The minimum atomic E-state index is -0.425. The summed E-state index contributed by atoms with van der Waals surface area (Å²) >= 11 is 5.70. The number of oxazole rings is 1. The Hall–Kier alpha value is -1.39. The summed E-state index contributed by atoms with van der Waals surface area (Å²) < 4.78 is 19.0. The lowest BCUT2D eigenvalue weighted by molar-refractivity contribution is 0.559. The predicted octanol–water partition coefficient (Wildman–Crippen LogP) is 3.39. The molecule has 0 saturated heterocycles. The summed E-state index contributed by atoms with van der Waals surface area (Å²) in [6, 6.07) is 5.05. The van der Waals surface area contributed by atoms with Crippen molar-refractivity contribution in [3.05, 3.63) is 41.0 Å². The second-order valence-electron chi connectivity index (χ2n) is 4.42. The summed E-state index contributed by atoms with van der Waals surface area (Å²) in [5.41, 5.74) is 1.11. The van der Waals surface area contributed by atoms with Gasteiger partial charge in [0.05, 0.1) is 11.3 Å². The summed E-state index contributed by atoms with van der Waals surface area (Å²) in [6.07, 6.45) is 3.99. The first-order chi connectivity index (χ1) is 8.72. The molecule has 0 amide bonds. The number of rotatable bonds is 4. The van der Waals surface area contributed by atoms with Crippen molar-refractivity contribution in [2.45, 2.75) is 25.4 Å². The van der Waals surface area contributed by atoms with E-state index in [1.165, 1.54) is 18.9 Å². The minimum Gasteiger partial charge on any atom is -0.444 e. The lowest BCUT2D eigenvalue weighted by atomic mass is 10.2. The van der Waals surface area contributed by atoms with Crippen LogP contribution in [0.4, 0.5) is 4.39 Å². The first kappa shape index (κ1) is 11.7. The van der Waals surface area contributed by atoms with E-state index in [0.29, 0.717) is 23.2 Å². The van der Waals surface area contributed by atoms with Crippen molar-refractivity contribution < 1.29 is 8.81 Å². The molecule has 5 heteroatoms. The maximum atomic E-state index is 13.7. The van der Waals surface area contributed by atoms with Gasteiger partial charge in [-0.25, -0.2) is 9.37 Å². The molecule has 0 unspecified atom stereocenters. The molecular formula is C13H12ClFN2O. The van der Waals surface area contributed by atoms with Gasteiger partial charge in [-0.2, -0.15) is 0 Å². The average molecular weight is 267 g/mol. The third-order valence-corrected chi connectivity index (χ3v) is 3.10. The Morgan fingerprint density at radius 2 is 2.28 bits per heavy atom. The Kier molecular flexibility index (Phi) is 3.06. The number of benzene rings is 1. The molecule has 1 aliphatic rings. The molecule has 1 aromatic carbocycles. The maximum absolute atomic E-state index is 13.7. The van der Waals surface area contributed by atoms with Gasteiger partial charge in [-0.3, -0.25) is 0 Å². The third kappa shape index (κ3) is 2.54. The predicted molar refractivity (Wildman–Crippen MR) is 66.8 cm³/mol. The number of halogens is 2. The van der Waals surface area contributed by atoms with E-state index in [9.17, 15) is 4.39 Å². The second-order valence-corrected chi connectivity index (χ2v) is 4.86. The van der Waals surface area contributed by atoms with Crippen LogP contribution in [0.1, 0.15) is 18.5 Å². The molecule has 1 fully saturated rings. The Morgan fingerprint density at radius 3 is 3.00 bits per heavy atom. The van der Waals surface area contributed by atoms with Gasteiger partial charge in [0.2, 0.25) is 5.89 Å². The molecule has 1 saturated carbocycles. The van der Waals surface area contributed by atoms with Crippen LogP contribution >= 0.6 is 11.6 Å². The van der Waals surface area contributed by atoms with Crippen molar-refractivity contribution in [2.24, 2.45) is 0 Å². The van der Waals surface area contributed by atoms with Crippen LogP contribution in [0.2, 0.25) is 5.02 Å². The SMILES string of the molecule is Fc1cc(Cl)ccc1-c1nc(CNC2CC2)co1. The van der Waals surface area contributed by atoms with Crippen molar-refractivity contribution in [3.63, 3.8) is 0 Å². The summed E-state index contributed by atoms with van der Waals surface area (Å²) in [5.74, 6) is -0.136. The van der Waals surface area contributed by atoms with Gasteiger partial charge < -0.3 is 9.73 Å². The van der Waals surface area contributed by atoms with Crippen LogP contribution in [0.25, 0.3) is 11.5 Å². The van der Waals surface area contributed by atoms with Gasteiger partial charge in [-0.05, 0) is 31.0 Å². The van der Waals surface area contributed by atoms with Crippen LogP contribution in [0.15, 0.2) is 28.9 Å². The summed E-state index contributed by atoms with van der Waals surface area (Å²) in [6.45, 7) is 0.656. The van der Waals surface area contributed by atoms with E-state index in [0.717, 1.165) is 5.69 Å². The zero-order chi connectivity index (χ0) is 12.5. The van der Waals surface area contributed by atoms with Crippen LogP contribution in [-0.2, 0) is 6.54 Å². The van der Waals surface area contributed by atoms with E-state index in [1.807, 2.05) is 0 Å². The van der Waals surface area contributed by atoms with Crippen molar-refractivity contribution in [2.75, 3.05) is 0 Å². The molecule has 1 aliphatic carbocycles. The van der Waals surface area contributed by atoms with Crippen LogP contribution in [0.5, 0.6) is 0 Å². The Labute approximate surface area is 109 Å². The van der Waals surface area contributed by atoms with E-state index < -0.39 is 5.82 Å². The van der Waals surface area contributed by atoms with Gasteiger partial charge in [0.25, 0.3) is 0 Å². The zero-order valence-electron chi connectivity index (χ0n) is 9.62. The Bertz CT molecular complexity index is 566. The zero-order valence-corrected chi connectivity index (χ0v) is 10.4. The summed E-state index contributed by atoms with van der Waals surface area (Å²) in [5, 5.41) is 3.68. The fourth-order valence-electron chi connectivity index (χ4n) is 1.71. The highest BCUT2D eigenvalue weighted by molar-refractivity contribution is 6.30. The van der Waals surface area contributed by atoms with Crippen LogP contribution in [-0.4, -0.2) is 11.0 Å². The number of nitrogens with one attached hydrogen (secondary N) is 1. The molecule has 94 valence electrons. The fourth-order valence-corrected chi connectivity index (χ4v) is 1.87. The lowest BCUT2D eigenvalue weighted by Gasteiger charge is -1.98. The van der Waals surface area contributed by atoms with Crippen LogP contribution in [0.3, 0.4) is 0 Å². The number of hydrogen-bond donors (Lipinski definition) is 1. The smallest absolute Gasteiger partial charge is 0.229 e. The van der Waals surface area contributed by atoms with Gasteiger partial charge in [-0.1, -0.05) is 11.6 Å². The van der Waals surface area contributed by atoms with Crippen molar-refractivity contribution in [1.82, 2.24) is 10.3 Å². The minimum absolute atomic E-state index is 0.289. The summed E-state index contributed by atoms with van der Waals surface area (Å²) in [4.78, 5) is 4.26. The second kappa shape index (κ2) is 4.71. The molecule has 3 rings (SSSR count). The molecular weight excluding hydrogens is 255 g/mol. The largest absolute Gasteiger partial charge is 0.444 e. The molecule has 3 nitrogen and oxygen atoms in total. The van der Waals surface area contributed by atoms with E-state index >= 15 is 0 Å². The summed E-state index contributed by atoms with van der Waals surface area (Å²) in [7, 11) is 0. The van der Waals surface area contributed by atoms with Gasteiger partial charge >= 0.3 is 0 Å². The van der Waals surface area contributed by atoms with Crippen LogP contribution in [0, 0.1) is 5.82 Å². The standard InChI is InChI=1S/C13H12ClFN2O/c14-8-1-4-11(12(15)5-8)13-17-10(7-18-13)6-16-9-2-3-9/h1,4-5,7,9,16H,2-3,6H2. The quantitative estimate of drug-likeness (QED) is 0.922. The van der Waals surface area contributed by atoms with E-state index in [2.05, 4.69) is 10.3 Å². The van der Waals surface area contributed by atoms with Gasteiger partial charge in [0, 0.05) is 17.6 Å². The first-order valence-corrected chi connectivity index (χ1v) is 6.23. The Balaban J connectivity index is 1.78. The third-order valence-electron chi connectivity index (χ3n) is 2.86.